The van der Waals surface area contributed by atoms with Crippen LogP contribution in [0.25, 0.3) is 11.4 Å². The molecule has 0 aliphatic carbocycles. The molecule has 2 aromatic carbocycles. The summed E-state index contributed by atoms with van der Waals surface area (Å²) in [6.45, 7) is 8.97. The van der Waals surface area contributed by atoms with Crippen molar-refractivity contribution in [2.45, 2.75) is 38.5 Å². The highest BCUT2D eigenvalue weighted by Gasteiger charge is 2.43. The standard InChI is InChI=1S/C24H26N4/c1-23(2,21-15-17-27(25-21)19-11-7-5-8-12-19)24(3,4)22-16-18-28(26-22)20-13-9-6-10-14-20/h5-18H,1-4H3. The van der Waals surface area contributed by atoms with Gasteiger partial charge in [0.25, 0.3) is 0 Å². The van der Waals surface area contributed by atoms with Gasteiger partial charge in [-0.15, -0.1) is 0 Å². The van der Waals surface area contributed by atoms with Crippen LogP contribution in [-0.2, 0) is 10.8 Å². The molecule has 0 N–H and O–H groups in total. The van der Waals surface area contributed by atoms with E-state index in [1.54, 1.807) is 0 Å². The molecule has 0 bridgehead atoms. The number of hydrogen-bond donors (Lipinski definition) is 0. The SMILES string of the molecule is CC(C)(c1ccn(-c2ccccc2)n1)C(C)(C)c1ccn(-c2ccccc2)n1. The second kappa shape index (κ2) is 6.79. The quantitative estimate of drug-likeness (QED) is 0.477. The van der Waals surface area contributed by atoms with E-state index in [1.807, 2.05) is 58.2 Å². The summed E-state index contributed by atoms with van der Waals surface area (Å²) < 4.78 is 3.88. The fraction of sp³-hybridized carbons (Fsp3) is 0.250. The van der Waals surface area contributed by atoms with E-state index in [2.05, 4.69) is 64.1 Å². The van der Waals surface area contributed by atoms with Crippen LogP contribution in [0.5, 0.6) is 0 Å². The molecule has 2 aromatic heterocycles. The van der Waals surface area contributed by atoms with Gasteiger partial charge in [-0.2, -0.15) is 10.2 Å². The number of hydrogen-bond acceptors (Lipinski definition) is 2. The van der Waals surface area contributed by atoms with Gasteiger partial charge in [-0.1, -0.05) is 64.1 Å². The van der Waals surface area contributed by atoms with Crippen LogP contribution in [-0.4, -0.2) is 19.6 Å². The molecule has 4 aromatic rings. The zero-order valence-corrected chi connectivity index (χ0v) is 16.9. The van der Waals surface area contributed by atoms with Crippen LogP contribution in [0.1, 0.15) is 39.1 Å². The lowest BCUT2D eigenvalue weighted by Gasteiger charge is -2.39. The molecule has 0 fully saturated rings. The van der Waals surface area contributed by atoms with Crippen molar-refractivity contribution in [2.75, 3.05) is 0 Å². The first-order valence-corrected chi connectivity index (χ1v) is 9.63. The molecule has 0 aliphatic heterocycles. The molecule has 4 heteroatoms. The molecule has 142 valence electrons. The van der Waals surface area contributed by atoms with Gasteiger partial charge in [0.2, 0.25) is 0 Å². The summed E-state index contributed by atoms with van der Waals surface area (Å²) in [5, 5.41) is 9.78. The van der Waals surface area contributed by atoms with Crippen LogP contribution in [0.2, 0.25) is 0 Å². The zero-order valence-electron chi connectivity index (χ0n) is 16.9. The molecule has 0 spiro atoms. The maximum atomic E-state index is 4.89. The van der Waals surface area contributed by atoms with Gasteiger partial charge < -0.3 is 0 Å². The summed E-state index contributed by atoms with van der Waals surface area (Å²) in [5.74, 6) is 0. The highest BCUT2D eigenvalue weighted by molar-refractivity contribution is 5.35. The van der Waals surface area contributed by atoms with Crippen LogP contribution in [0.15, 0.2) is 85.2 Å². The van der Waals surface area contributed by atoms with Gasteiger partial charge in [0.05, 0.1) is 22.8 Å². The van der Waals surface area contributed by atoms with E-state index in [-0.39, 0.29) is 10.8 Å². The molecular formula is C24H26N4. The molecule has 0 atom stereocenters. The fourth-order valence-corrected chi connectivity index (χ4v) is 3.40. The number of nitrogens with zero attached hydrogens (tertiary/aromatic N) is 4. The van der Waals surface area contributed by atoms with Gasteiger partial charge >= 0.3 is 0 Å². The van der Waals surface area contributed by atoms with Gasteiger partial charge in [-0.05, 0) is 36.4 Å². The topological polar surface area (TPSA) is 35.6 Å². The fourth-order valence-electron chi connectivity index (χ4n) is 3.40. The molecule has 4 nitrogen and oxygen atoms in total. The maximum absolute atomic E-state index is 4.89. The first kappa shape index (κ1) is 18.2. The Kier molecular flexibility index (Phi) is 4.42. The van der Waals surface area contributed by atoms with Crippen molar-refractivity contribution in [3.05, 3.63) is 96.6 Å². The maximum Gasteiger partial charge on any atom is 0.0694 e. The highest BCUT2D eigenvalue weighted by Crippen LogP contribution is 2.42. The Balaban J connectivity index is 1.67. The lowest BCUT2D eigenvalue weighted by Crippen LogP contribution is -2.41. The summed E-state index contributed by atoms with van der Waals surface area (Å²) in [6, 6.07) is 24.6. The van der Waals surface area contributed by atoms with E-state index in [0.29, 0.717) is 0 Å². The third-order valence-electron chi connectivity index (χ3n) is 6.06. The van der Waals surface area contributed by atoms with E-state index in [1.165, 1.54) is 0 Å². The highest BCUT2D eigenvalue weighted by atomic mass is 15.3. The van der Waals surface area contributed by atoms with Crippen molar-refractivity contribution in [1.82, 2.24) is 19.6 Å². The van der Waals surface area contributed by atoms with Crippen LogP contribution in [0, 0.1) is 0 Å². The summed E-state index contributed by atoms with van der Waals surface area (Å²) in [4.78, 5) is 0. The molecule has 0 aliphatic rings. The van der Waals surface area contributed by atoms with E-state index in [4.69, 9.17) is 10.2 Å². The molecule has 28 heavy (non-hydrogen) atoms. The molecule has 0 radical (unpaired) electrons. The van der Waals surface area contributed by atoms with Crippen molar-refractivity contribution in [3.63, 3.8) is 0 Å². The largest absolute Gasteiger partial charge is 0.241 e. The van der Waals surface area contributed by atoms with Gasteiger partial charge in [-0.3, -0.25) is 0 Å². The lowest BCUT2D eigenvalue weighted by atomic mass is 9.64. The van der Waals surface area contributed by atoms with Crippen LogP contribution in [0.4, 0.5) is 0 Å². The molecule has 2 heterocycles. The molecule has 0 unspecified atom stereocenters. The smallest absolute Gasteiger partial charge is 0.0694 e. The number of para-hydroxylation sites is 2. The van der Waals surface area contributed by atoms with Crippen LogP contribution >= 0.6 is 0 Å². The third-order valence-corrected chi connectivity index (χ3v) is 6.06. The van der Waals surface area contributed by atoms with Crippen molar-refractivity contribution < 1.29 is 0 Å². The monoisotopic (exact) mass is 370 g/mol. The molecule has 4 rings (SSSR count). The Labute approximate surface area is 166 Å². The minimum absolute atomic E-state index is 0.205. The molecular weight excluding hydrogens is 344 g/mol. The van der Waals surface area contributed by atoms with Gasteiger partial charge in [-0.25, -0.2) is 9.36 Å². The average Bonchev–Trinajstić information content (AvgIpc) is 3.40. The van der Waals surface area contributed by atoms with Crippen molar-refractivity contribution >= 4 is 0 Å². The number of aromatic nitrogens is 4. The van der Waals surface area contributed by atoms with E-state index >= 15 is 0 Å². The average molecular weight is 371 g/mol. The van der Waals surface area contributed by atoms with Gasteiger partial charge in [0, 0.05) is 23.2 Å². The Morgan fingerprint density at radius 1 is 0.536 bits per heavy atom. The molecule has 0 amide bonds. The second-order valence-corrected chi connectivity index (χ2v) is 8.21. The first-order chi connectivity index (χ1) is 13.4. The zero-order chi connectivity index (χ0) is 19.8. The molecule has 0 saturated carbocycles. The Morgan fingerprint density at radius 2 is 0.893 bits per heavy atom. The summed E-state index contributed by atoms with van der Waals surface area (Å²) in [5.41, 5.74) is 3.82. The summed E-state index contributed by atoms with van der Waals surface area (Å²) in [6.07, 6.45) is 4.07. The van der Waals surface area contributed by atoms with Crippen LogP contribution < -0.4 is 0 Å². The summed E-state index contributed by atoms with van der Waals surface area (Å²) >= 11 is 0. The number of benzene rings is 2. The minimum Gasteiger partial charge on any atom is -0.241 e. The van der Waals surface area contributed by atoms with Crippen LogP contribution in [0.3, 0.4) is 0 Å². The van der Waals surface area contributed by atoms with Gasteiger partial charge in [0.15, 0.2) is 0 Å². The lowest BCUT2D eigenvalue weighted by molar-refractivity contribution is 0.286. The van der Waals surface area contributed by atoms with Crippen molar-refractivity contribution in [3.8, 4) is 11.4 Å². The minimum atomic E-state index is -0.205. The normalized spacial score (nSPS) is 12.3. The van der Waals surface area contributed by atoms with Gasteiger partial charge in [0.1, 0.15) is 0 Å². The summed E-state index contributed by atoms with van der Waals surface area (Å²) in [7, 11) is 0. The van der Waals surface area contributed by atoms with E-state index in [9.17, 15) is 0 Å². The third kappa shape index (κ3) is 3.05. The van der Waals surface area contributed by atoms with Crippen molar-refractivity contribution in [1.29, 1.82) is 0 Å². The predicted molar refractivity (Wildman–Crippen MR) is 113 cm³/mol. The Hall–Kier alpha value is -3.14. The number of rotatable bonds is 5. The Bertz CT molecular complexity index is 968. The Morgan fingerprint density at radius 3 is 1.25 bits per heavy atom. The second-order valence-electron chi connectivity index (χ2n) is 8.21. The predicted octanol–water partition coefficient (Wildman–Crippen LogP) is 5.31. The first-order valence-electron chi connectivity index (χ1n) is 9.63. The van der Waals surface area contributed by atoms with E-state index in [0.717, 1.165) is 22.8 Å². The van der Waals surface area contributed by atoms with E-state index < -0.39 is 0 Å². The van der Waals surface area contributed by atoms with Crippen molar-refractivity contribution in [2.24, 2.45) is 0 Å². The molecule has 0 saturated heterocycles.